The summed E-state index contributed by atoms with van der Waals surface area (Å²) < 4.78 is 5.02. The molecule has 18 heteroatoms. The molecule has 1 aliphatic rings. The lowest BCUT2D eigenvalue weighted by Gasteiger charge is -2.35. The van der Waals surface area contributed by atoms with Crippen LogP contribution in [0.3, 0.4) is 0 Å². The maximum Gasteiger partial charge on any atom is 0.347 e. The Hall–Kier alpha value is -4.64. The molecule has 206 valence electrons. The molecule has 0 aliphatic carbocycles. The SMILES string of the molecule is CNC(=O)[C@H]1NC(=O)[C@H]1NC(=O)C(=NOCC(=O)OCc1ccc([N+](=O)[O-])cc1)c1csc(NC(=O)CCl)n1. The predicted octanol–water partition coefficient (Wildman–Crippen LogP) is -0.578. The number of halogens is 1. The highest BCUT2D eigenvalue weighted by Crippen LogP contribution is 2.17. The summed E-state index contributed by atoms with van der Waals surface area (Å²) in [4.78, 5) is 79.6. The Morgan fingerprint density at radius 3 is 2.59 bits per heavy atom. The molecule has 1 aliphatic heterocycles. The number of hydrogen-bond donors (Lipinski definition) is 4. The highest BCUT2D eigenvalue weighted by atomic mass is 35.5. The summed E-state index contributed by atoms with van der Waals surface area (Å²) in [5.74, 6) is -3.86. The van der Waals surface area contributed by atoms with Gasteiger partial charge in [-0.15, -0.1) is 22.9 Å². The van der Waals surface area contributed by atoms with Crippen molar-refractivity contribution in [3.05, 3.63) is 51.0 Å². The van der Waals surface area contributed by atoms with Gasteiger partial charge in [0.15, 0.2) is 10.8 Å². The van der Waals surface area contributed by atoms with Gasteiger partial charge in [0.05, 0.1) is 4.92 Å². The number of non-ortho nitro benzene ring substituents is 1. The Morgan fingerprint density at radius 1 is 1.26 bits per heavy atom. The molecule has 0 unspecified atom stereocenters. The van der Waals surface area contributed by atoms with Crippen molar-refractivity contribution in [1.82, 2.24) is 20.9 Å². The Balaban J connectivity index is 1.67. The number of nitrogens with zero attached hydrogens (tertiary/aromatic N) is 3. The Labute approximate surface area is 228 Å². The first kappa shape index (κ1) is 28.9. The Morgan fingerprint density at radius 2 is 1.97 bits per heavy atom. The van der Waals surface area contributed by atoms with E-state index in [4.69, 9.17) is 21.2 Å². The second kappa shape index (κ2) is 13.2. The van der Waals surface area contributed by atoms with E-state index in [9.17, 15) is 34.1 Å². The number of aromatic nitrogens is 1. The van der Waals surface area contributed by atoms with Crippen molar-refractivity contribution in [1.29, 1.82) is 0 Å². The summed E-state index contributed by atoms with van der Waals surface area (Å²) in [5, 5.41) is 25.3. The average Bonchev–Trinajstić information content (AvgIpc) is 3.38. The summed E-state index contributed by atoms with van der Waals surface area (Å²) in [7, 11) is 1.36. The van der Waals surface area contributed by atoms with Crippen LogP contribution in [0.2, 0.25) is 0 Å². The number of carbonyl (C=O) groups is 5. The number of nitro benzene ring substituents is 1. The average molecular weight is 582 g/mol. The molecule has 39 heavy (non-hydrogen) atoms. The van der Waals surface area contributed by atoms with Crippen LogP contribution in [-0.4, -0.2) is 76.8 Å². The third-order valence-corrected chi connectivity index (χ3v) is 5.94. The second-order valence-corrected chi connectivity index (χ2v) is 8.69. The molecule has 2 heterocycles. The van der Waals surface area contributed by atoms with Crippen molar-refractivity contribution in [2.24, 2.45) is 5.16 Å². The Bertz CT molecular complexity index is 1320. The molecule has 2 atom stereocenters. The fourth-order valence-corrected chi connectivity index (χ4v) is 3.76. The fourth-order valence-electron chi connectivity index (χ4n) is 2.98. The van der Waals surface area contributed by atoms with Gasteiger partial charge in [0, 0.05) is 24.6 Å². The number of β-lactam (4-membered cyclic amide) rings is 1. The van der Waals surface area contributed by atoms with E-state index in [1.807, 2.05) is 0 Å². The fraction of sp³-hybridized carbons (Fsp3) is 0.286. The molecule has 3 rings (SSSR count). The lowest BCUT2D eigenvalue weighted by Crippen LogP contribution is -2.73. The first-order valence-electron chi connectivity index (χ1n) is 10.9. The van der Waals surface area contributed by atoms with Crippen LogP contribution < -0.4 is 21.3 Å². The number of carbonyl (C=O) groups excluding carboxylic acids is 5. The summed E-state index contributed by atoms with van der Waals surface area (Å²) in [6.45, 7) is -0.931. The minimum Gasteiger partial charge on any atom is -0.458 e. The predicted molar refractivity (Wildman–Crippen MR) is 135 cm³/mol. The number of nitrogens with one attached hydrogen (secondary N) is 4. The molecule has 1 saturated heterocycles. The highest BCUT2D eigenvalue weighted by Gasteiger charge is 2.45. The van der Waals surface area contributed by atoms with E-state index in [1.165, 1.54) is 36.7 Å². The normalized spacial score (nSPS) is 16.3. The zero-order valence-electron chi connectivity index (χ0n) is 20.0. The molecule has 0 bridgehead atoms. The van der Waals surface area contributed by atoms with Gasteiger partial charge in [-0.3, -0.25) is 29.3 Å². The van der Waals surface area contributed by atoms with Crippen LogP contribution >= 0.6 is 22.9 Å². The van der Waals surface area contributed by atoms with Crippen LogP contribution in [-0.2, 0) is 40.2 Å². The maximum atomic E-state index is 13.0. The van der Waals surface area contributed by atoms with Gasteiger partial charge in [-0.2, -0.15) is 0 Å². The maximum absolute atomic E-state index is 13.0. The summed E-state index contributed by atoms with van der Waals surface area (Å²) >= 11 is 6.40. The minimum atomic E-state index is -1.21. The van der Waals surface area contributed by atoms with Crippen molar-refractivity contribution >= 4 is 69.1 Å². The number of esters is 1. The molecule has 4 amide bonds. The molecule has 0 radical (unpaired) electrons. The van der Waals surface area contributed by atoms with Gasteiger partial charge in [-0.1, -0.05) is 5.16 Å². The van der Waals surface area contributed by atoms with E-state index in [1.54, 1.807) is 0 Å². The van der Waals surface area contributed by atoms with Crippen LogP contribution in [0.15, 0.2) is 34.8 Å². The van der Waals surface area contributed by atoms with Crippen molar-refractivity contribution in [2.45, 2.75) is 18.7 Å². The minimum absolute atomic E-state index is 0.0714. The topological polar surface area (TPSA) is 220 Å². The quantitative estimate of drug-likeness (QED) is 0.0623. The molecular weight excluding hydrogens is 562 g/mol. The summed E-state index contributed by atoms with van der Waals surface area (Å²) in [6.07, 6.45) is 0. The van der Waals surface area contributed by atoms with E-state index < -0.39 is 58.9 Å². The number of rotatable bonds is 12. The summed E-state index contributed by atoms with van der Waals surface area (Å²) in [5.41, 5.74) is -0.174. The lowest BCUT2D eigenvalue weighted by atomic mass is 9.98. The van der Waals surface area contributed by atoms with E-state index in [0.717, 1.165) is 11.3 Å². The number of ether oxygens (including phenoxy) is 1. The molecule has 0 saturated carbocycles. The largest absolute Gasteiger partial charge is 0.458 e. The van der Waals surface area contributed by atoms with Crippen LogP contribution in [0.25, 0.3) is 0 Å². The molecule has 2 aromatic rings. The van der Waals surface area contributed by atoms with Gasteiger partial charge in [-0.05, 0) is 17.7 Å². The molecular formula is C21H20ClN7O9S. The van der Waals surface area contributed by atoms with Crippen LogP contribution in [0.1, 0.15) is 11.3 Å². The number of benzene rings is 1. The van der Waals surface area contributed by atoms with Crippen molar-refractivity contribution in [3.8, 4) is 0 Å². The summed E-state index contributed by atoms with van der Waals surface area (Å²) in [6, 6.07) is 3.12. The van der Waals surface area contributed by atoms with Crippen molar-refractivity contribution < 1.29 is 38.5 Å². The number of amides is 4. The third-order valence-electron chi connectivity index (χ3n) is 4.94. The van der Waals surface area contributed by atoms with Crippen molar-refractivity contribution in [2.75, 3.05) is 24.9 Å². The van der Waals surface area contributed by atoms with Gasteiger partial charge in [0.2, 0.25) is 24.3 Å². The third kappa shape index (κ3) is 7.68. The number of anilines is 1. The number of hydrogen-bond acceptors (Lipinski definition) is 12. The molecule has 1 aromatic carbocycles. The highest BCUT2D eigenvalue weighted by molar-refractivity contribution is 7.14. The monoisotopic (exact) mass is 581 g/mol. The van der Waals surface area contributed by atoms with Gasteiger partial charge in [-0.25, -0.2) is 9.78 Å². The molecule has 1 fully saturated rings. The smallest absolute Gasteiger partial charge is 0.347 e. The van der Waals surface area contributed by atoms with Crippen LogP contribution in [0.4, 0.5) is 10.8 Å². The van der Waals surface area contributed by atoms with E-state index in [2.05, 4.69) is 31.4 Å². The zero-order chi connectivity index (χ0) is 28.5. The van der Waals surface area contributed by atoms with E-state index in [0.29, 0.717) is 5.56 Å². The van der Waals surface area contributed by atoms with Crippen LogP contribution in [0.5, 0.6) is 0 Å². The van der Waals surface area contributed by atoms with Gasteiger partial charge < -0.3 is 30.8 Å². The number of nitro groups is 1. The number of thiazole rings is 1. The standard InChI is InChI=1S/C21H20ClN7O9S/c1-23-18(32)16-17(20(34)26-16)27-19(33)15(12-9-39-21(24-12)25-13(30)6-22)28-38-8-14(31)37-7-10-2-4-11(5-3-10)29(35)36/h2-5,9,16-17H,6-8H2,1H3,(H,23,32)(H,26,34)(H,27,33)(H,24,25,30)/t16-,17-/m0/s1. The first-order chi connectivity index (χ1) is 18.6. The van der Waals surface area contributed by atoms with E-state index in [-0.39, 0.29) is 29.0 Å². The molecule has 1 aromatic heterocycles. The van der Waals surface area contributed by atoms with Crippen LogP contribution in [0, 0.1) is 10.1 Å². The zero-order valence-corrected chi connectivity index (χ0v) is 21.5. The molecule has 0 spiro atoms. The second-order valence-electron chi connectivity index (χ2n) is 7.57. The Kier molecular flexibility index (Phi) is 9.82. The van der Waals surface area contributed by atoms with Gasteiger partial charge in [0.25, 0.3) is 11.6 Å². The van der Waals surface area contributed by atoms with Gasteiger partial charge >= 0.3 is 5.97 Å². The first-order valence-corrected chi connectivity index (χ1v) is 12.3. The van der Waals surface area contributed by atoms with Gasteiger partial charge in [0.1, 0.15) is 30.3 Å². The van der Waals surface area contributed by atoms with E-state index >= 15 is 0 Å². The molecule has 4 N–H and O–H groups in total. The number of likely N-dealkylation sites (N-methyl/N-ethyl adjacent to an activating group) is 1. The number of oxime groups is 1. The van der Waals surface area contributed by atoms with Crippen molar-refractivity contribution in [3.63, 3.8) is 0 Å². The molecule has 16 nitrogen and oxygen atoms in total. The lowest BCUT2D eigenvalue weighted by molar-refractivity contribution is -0.384. The number of alkyl halides is 1.